The Balaban J connectivity index is 1.96. The summed E-state index contributed by atoms with van der Waals surface area (Å²) in [7, 11) is 0. The van der Waals surface area contributed by atoms with Crippen LogP contribution in [0.3, 0.4) is 0 Å². The molecule has 1 aliphatic heterocycles. The predicted molar refractivity (Wildman–Crippen MR) is 65.2 cm³/mol. The molecule has 1 heterocycles. The van der Waals surface area contributed by atoms with E-state index in [1.807, 2.05) is 20.8 Å². The first-order valence-corrected chi connectivity index (χ1v) is 6.52. The third-order valence-corrected chi connectivity index (χ3v) is 3.58. The van der Waals surface area contributed by atoms with Crippen LogP contribution in [-0.2, 0) is 9.53 Å². The van der Waals surface area contributed by atoms with Gasteiger partial charge in [-0.15, -0.1) is 0 Å². The van der Waals surface area contributed by atoms with Gasteiger partial charge in [-0.3, -0.25) is 4.79 Å². The number of likely N-dealkylation sites (tertiary alicyclic amines) is 1. The van der Waals surface area contributed by atoms with Crippen LogP contribution in [0.4, 0.5) is 4.79 Å². The minimum absolute atomic E-state index is 0.0564. The van der Waals surface area contributed by atoms with Gasteiger partial charge in [0.05, 0.1) is 5.92 Å². The SMILES string of the molecule is CC(C)(C)OC(=O)N1CCCC1[C@H]1C[C@@H]1C(=O)O. The third-order valence-electron chi connectivity index (χ3n) is 3.58. The Kier molecular flexibility index (Phi) is 3.25. The van der Waals surface area contributed by atoms with Gasteiger partial charge in [0.15, 0.2) is 0 Å². The predicted octanol–water partition coefficient (Wildman–Crippen LogP) is 2.11. The number of carbonyl (C=O) groups is 2. The van der Waals surface area contributed by atoms with E-state index in [9.17, 15) is 9.59 Å². The molecular weight excluding hydrogens is 234 g/mol. The number of hydrogen-bond acceptors (Lipinski definition) is 3. The van der Waals surface area contributed by atoms with E-state index in [2.05, 4.69) is 0 Å². The van der Waals surface area contributed by atoms with Gasteiger partial charge < -0.3 is 14.7 Å². The standard InChI is InChI=1S/C13H21NO4/c1-13(2,3)18-12(17)14-6-4-5-10(14)8-7-9(8)11(15)16/h8-10H,4-7H2,1-3H3,(H,15,16)/t8-,9-,10?/m0/s1. The number of carboxylic acid groups (broad SMARTS) is 1. The number of ether oxygens (including phenoxy) is 1. The fourth-order valence-corrected chi connectivity index (χ4v) is 2.71. The highest BCUT2D eigenvalue weighted by molar-refractivity contribution is 5.74. The second-order valence-corrected chi connectivity index (χ2v) is 6.23. The van der Waals surface area contributed by atoms with Crippen LogP contribution in [0.5, 0.6) is 0 Å². The smallest absolute Gasteiger partial charge is 0.410 e. The molecule has 0 aromatic rings. The summed E-state index contributed by atoms with van der Waals surface area (Å²) in [5.74, 6) is -0.883. The van der Waals surface area contributed by atoms with Gasteiger partial charge in [0.1, 0.15) is 5.60 Å². The second kappa shape index (κ2) is 4.44. The number of rotatable bonds is 2. The summed E-state index contributed by atoms with van der Waals surface area (Å²) in [6, 6.07) is 0.0564. The number of carbonyl (C=O) groups excluding carboxylic acids is 1. The molecule has 2 fully saturated rings. The normalized spacial score (nSPS) is 31.3. The molecule has 2 rings (SSSR count). The summed E-state index contributed by atoms with van der Waals surface area (Å²) in [6.45, 7) is 6.20. The number of carboxylic acids is 1. The van der Waals surface area contributed by atoms with Gasteiger partial charge in [-0.1, -0.05) is 0 Å². The van der Waals surface area contributed by atoms with Crippen LogP contribution in [0.25, 0.3) is 0 Å². The molecular formula is C13H21NO4. The molecule has 5 nitrogen and oxygen atoms in total. The van der Waals surface area contributed by atoms with Crippen molar-refractivity contribution < 1.29 is 19.4 Å². The average Bonchev–Trinajstić information content (AvgIpc) is 2.86. The summed E-state index contributed by atoms with van der Waals surface area (Å²) in [6.07, 6.45) is 2.22. The molecule has 2 aliphatic rings. The van der Waals surface area contributed by atoms with Crippen LogP contribution in [0.2, 0.25) is 0 Å². The minimum Gasteiger partial charge on any atom is -0.481 e. The molecule has 1 unspecified atom stereocenters. The van der Waals surface area contributed by atoms with Crippen molar-refractivity contribution in [1.82, 2.24) is 4.90 Å². The molecule has 1 amide bonds. The molecule has 102 valence electrons. The first kappa shape index (κ1) is 13.2. The Bertz CT molecular complexity index is 360. The monoisotopic (exact) mass is 255 g/mol. The zero-order valence-electron chi connectivity index (χ0n) is 11.2. The summed E-state index contributed by atoms with van der Waals surface area (Å²) in [4.78, 5) is 24.7. The largest absolute Gasteiger partial charge is 0.481 e. The van der Waals surface area contributed by atoms with Crippen molar-refractivity contribution in [3.63, 3.8) is 0 Å². The van der Waals surface area contributed by atoms with Gasteiger partial charge in [-0.2, -0.15) is 0 Å². The van der Waals surface area contributed by atoms with E-state index in [4.69, 9.17) is 9.84 Å². The number of amides is 1. The van der Waals surface area contributed by atoms with Gasteiger partial charge in [-0.05, 0) is 46.0 Å². The molecule has 1 N–H and O–H groups in total. The third kappa shape index (κ3) is 2.76. The number of hydrogen-bond donors (Lipinski definition) is 1. The summed E-state index contributed by atoms with van der Waals surface area (Å²) in [5, 5.41) is 8.96. The minimum atomic E-state index is -0.740. The van der Waals surface area contributed by atoms with Crippen LogP contribution < -0.4 is 0 Å². The first-order chi connectivity index (χ1) is 8.29. The molecule has 5 heteroatoms. The highest BCUT2D eigenvalue weighted by atomic mass is 16.6. The van der Waals surface area contributed by atoms with E-state index >= 15 is 0 Å². The van der Waals surface area contributed by atoms with Crippen molar-refractivity contribution in [2.75, 3.05) is 6.54 Å². The zero-order chi connectivity index (χ0) is 13.5. The molecule has 0 aromatic heterocycles. The van der Waals surface area contributed by atoms with Crippen LogP contribution in [-0.4, -0.2) is 40.3 Å². The maximum absolute atomic E-state index is 12.0. The fraction of sp³-hybridized carbons (Fsp3) is 0.846. The quantitative estimate of drug-likeness (QED) is 0.820. The van der Waals surface area contributed by atoms with Gasteiger partial charge in [-0.25, -0.2) is 4.79 Å². The fourth-order valence-electron chi connectivity index (χ4n) is 2.71. The van der Waals surface area contributed by atoms with E-state index in [0.29, 0.717) is 13.0 Å². The van der Waals surface area contributed by atoms with Crippen molar-refractivity contribution in [3.05, 3.63) is 0 Å². The lowest BCUT2D eigenvalue weighted by molar-refractivity contribution is -0.139. The molecule has 0 spiro atoms. The lowest BCUT2D eigenvalue weighted by Crippen LogP contribution is -2.41. The summed E-state index contributed by atoms with van der Waals surface area (Å²) < 4.78 is 5.37. The van der Waals surface area contributed by atoms with Crippen molar-refractivity contribution in [3.8, 4) is 0 Å². The van der Waals surface area contributed by atoms with Gasteiger partial charge >= 0.3 is 12.1 Å². The second-order valence-electron chi connectivity index (χ2n) is 6.23. The van der Waals surface area contributed by atoms with Gasteiger partial charge in [0, 0.05) is 12.6 Å². The lowest BCUT2D eigenvalue weighted by Gasteiger charge is -2.28. The van der Waals surface area contributed by atoms with Gasteiger partial charge in [0.2, 0.25) is 0 Å². The van der Waals surface area contributed by atoms with E-state index in [1.54, 1.807) is 4.90 Å². The summed E-state index contributed by atoms with van der Waals surface area (Å²) in [5.41, 5.74) is -0.500. The Labute approximate surface area is 107 Å². The molecule has 0 bridgehead atoms. The van der Waals surface area contributed by atoms with E-state index < -0.39 is 11.6 Å². The van der Waals surface area contributed by atoms with Gasteiger partial charge in [0.25, 0.3) is 0 Å². The molecule has 1 aliphatic carbocycles. The van der Waals surface area contributed by atoms with E-state index in [0.717, 1.165) is 12.8 Å². The highest BCUT2D eigenvalue weighted by Crippen LogP contribution is 2.46. The summed E-state index contributed by atoms with van der Waals surface area (Å²) >= 11 is 0. The number of nitrogens with zero attached hydrogens (tertiary/aromatic N) is 1. The average molecular weight is 255 g/mol. The van der Waals surface area contributed by atoms with E-state index in [1.165, 1.54) is 0 Å². The molecule has 18 heavy (non-hydrogen) atoms. The Hall–Kier alpha value is -1.26. The Morgan fingerprint density at radius 1 is 1.33 bits per heavy atom. The molecule has 1 saturated heterocycles. The topological polar surface area (TPSA) is 66.8 Å². The van der Waals surface area contributed by atoms with Crippen molar-refractivity contribution in [1.29, 1.82) is 0 Å². The zero-order valence-corrected chi connectivity index (χ0v) is 11.2. The van der Waals surface area contributed by atoms with Crippen LogP contribution in [0.15, 0.2) is 0 Å². The maximum Gasteiger partial charge on any atom is 0.410 e. The van der Waals surface area contributed by atoms with E-state index in [-0.39, 0.29) is 24.0 Å². The van der Waals surface area contributed by atoms with Crippen LogP contribution >= 0.6 is 0 Å². The highest BCUT2D eigenvalue weighted by Gasteiger charge is 2.52. The Morgan fingerprint density at radius 3 is 2.50 bits per heavy atom. The maximum atomic E-state index is 12.0. The van der Waals surface area contributed by atoms with Crippen LogP contribution in [0, 0.1) is 11.8 Å². The molecule has 0 aromatic carbocycles. The van der Waals surface area contributed by atoms with Crippen LogP contribution in [0.1, 0.15) is 40.0 Å². The first-order valence-electron chi connectivity index (χ1n) is 6.52. The number of aliphatic carboxylic acids is 1. The molecule has 3 atom stereocenters. The Morgan fingerprint density at radius 2 is 2.00 bits per heavy atom. The lowest BCUT2D eigenvalue weighted by atomic mass is 10.1. The van der Waals surface area contributed by atoms with Crippen molar-refractivity contribution in [2.45, 2.75) is 51.7 Å². The molecule has 0 radical (unpaired) electrons. The molecule has 1 saturated carbocycles. The van der Waals surface area contributed by atoms with Crippen molar-refractivity contribution >= 4 is 12.1 Å². The van der Waals surface area contributed by atoms with Crippen molar-refractivity contribution in [2.24, 2.45) is 11.8 Å².